The summed E-state index contributed by atoms with van der Waals surface area (Å²) in [5.41, 5.74) is 12.8. The van der Waals surface area contributed by atoms with Crippen LogP contribution in [0.2, 0.25) is 0 Å². The first kappa shape index (κ1) is 25.0. The van der Waals surface area contributed by atoms with Gasteiger partial charge in [0.25, 0.3) is 0 Å². The lowest BCUT2D eigenvalue weighted by atomic mass is 9.51. The summed E-state index contributed by atoms with van der Waals surface area (Å²) < 4.78 is 0. The third kappa shape index (κ3) is 4.00. The van der Waals surface area contributed by atoms with Crippen LogP contribution in [0.3, 0.4) is 0 Å². The lowest BCUT2D eigenvalue weighted by Gasteiger charge is -2.53. The molecule has 0 aliphatic heterocycles. The number of ketones is 1. The normalized spacial score (nSPS) is 31.9. The van der Waals surface area contributed by atoms with Gasteiger partial charge in [-0.2, -0.15) is 0 Å². The third-order valence-corrected chi connectivity index (χ3v) is 10.0. The van der Waals surface area contributed by atoms with Gasteiger partial charge in [0.15, 0.2) is 5.78 Å². The smallest absolute Gasteiger partial charge is 0.156 e. The minimum absolute atomic E-state index is 0.215. The molecule has 3 N–H and O–H groups in total. The minimum Gasteiger partial charge on any atom is -0.399 e. The Morgan fingerprint density at radius 3 is 2.45 bits per heavy atom. The molecule has 2 aromatic rings. The molecular weight excluding hydrogens is 468 g/mol. The summed E-state index contributed by atoms with van der Waals surface area (Å²) in [7, 11) is 4.13. The van der Waals surface area contributed by atoms with E-state index in [9.17, 15) is 9.90 Å². The van der Waals surface area contributed by atoms with Crippen LogP contribution < -0.4 is 10.6 Å². The van der Waals surface area contributed by atoms with Crippen molar-refractivity contribution in [2.24, 2.45) is 17.3 Å². The molecule has 0 saturated heterocycles. The van der Waals surface area contributed by atoms with Crippen molar-refractivity contribution < 1.29 is 9.90 Å². The molecular formula is C34H38N2O2. The molecule has 2 aromatic carbocycles. The molecule has 4 aliphatic carbocycles. The van der Waals surface area contributed by atoms with Crippen LogP contribution in [-0.2, 0) is 4.79 Å². The molecule has 2 fully saturated rings. The van der Waals surface area contributed by atoms with E-state index >= 15 is 0 Å². The van der Waals surface area contributed by atoms with Gasteiger partial charge in [-0.25, -0.2) is 0 Å². The van der Waals surface area contributed by atoms with Crippen molar-refractivity contribution in [2.45, 2.75) is 63.4 Å². The molecule has 0 radical (unpaired) electrons. The number of fused-ring (bicyclic) bond motifs is 4. The maximum Gasteiger partial charge on any atom is 0.156 e. The molecule has 6 rings (SSSR count). The Balaban J connectivity index is 1.45. The second-order valence-corrected chi connectivity index (χ2v) is 12.3. The van der Waals surface area contributed by atoms with Gasteiger partial charge in [-0.3, -0.25) is 4.79 Å². The molecule has 0 amide bonds. The average Bonchev–Trinajstić information content (AvgIpc) is 3.18. The molecule has 0 heterocycles. The van der Waals surface area contributed by atoms with E-state index in [-0.39, 0.29) is 17.1 Å². The largest absolute Gasteiger partial charge is 0.399 e. The fourth-order valence-electron chi connectivity index (χ4n) is 7.92. The van der Waals surface area contributed by atoms with Crippen molar-refractivity contribution in [3.63, 3.8) is 0 Å². The van der Waals surface area contributed by atoms with E-state index in [1.54, 1.807) is 5.57 Å². The highest BCUT2D eigenvalue weighted by Crippen LogP contribution is 2.66. The van der Waals surface area contributed by atoms with Crippen LogP contribution in [0.4, 0.5) is 11.4 Å². The van der Waals surface area contributed by atoms with Crippen LogP contribution in [0, 0.1) is 29.1 Å². The lowest BCUT2D eigenvalue weighted by molar-refractivity contribution is -0.114. The summed E-state index contributed by atoms with van der Waals surface area (Å²) >= 11 is 0. The first-order valence-electron chi connectivity index (χ1n) is 14.0. The number of allylic oxidation sites excluding steroid dienone is 4. The number of carbonyl (C=O) groups is 1. The molecule has 5 atom stereocenters. The molecule has 0 unspecified atom stereocenters. The van der Waals surface area contributed by atoms with Gasteiger partial charge in [0, 0.05) is 48.8 Å². The number of rotatable bonds is 2. The number of aliphatic hydroxyl groups is 1. The number of nitrogens with two attached hydrogens (primary N) is 1. The van der Waals surface area contributed by atoms with E-state index in [4.69, 9.17) is 5.73 Å². The Morgan fingerprint density at radius 1 is 1.00 bits per heavy atom. The van der Waals surface area contributed by atoms with Gasteiger partial charge in [0.05, 0.1) is 0 Å². The maximum atomic E-state index is 12.3. The van der Waals surface area contributed by atoms with Crippen LogP contribution in [0.5, 0.6) is 0 Å². The van der Waals surface area contributed by atoms with E-state index in [0.717, 1.165) is 37.7 Å². The highest BCUT2D eigenvalue weighted by atomic mass is 16.3. The zero-order valence-corrected chi connectivity index (χ0v) is 22.8. The molecule has 196 valence electrons. The third-order valence-electron chi connectivity index (χ3n) is 10.0. The van der Waals surface area contributed by atoms with E-state index in [1.807, 2.05) is 30.3 Å². The number of carbonyl (C=O) groups excluding carboxylic acids is 1. The number of anilines is 2. The van der Waals surface area contributed by atoms with Gasteiger partial charge < -0.3 is 15.7 Å². The van der Waals surface area contributed by atoms with Crippen LogP contribution in [0.15, 0.2) is 71.3 Å². The predicted molar refractivity (Wildman–Crippen MR) is 154 cm³/mol. The zero-order valence-electron chi connectivity index (χ0n) is 22.8. The summed E-state index contributed by atoms with van der Waals surface area (Å²) in [4.78, 5) is 14.4. The predicted octanol–water partition coefficient (Wildman–Crippen LogP) is 6.02. The molecule has 2 saturated carbocycles. The molecule has 4 nitrogen and oxygen atoms in total. The number of nitrogens with zero attached hydrogens (tertiary/aromatic N) is 1. The highest BCUT2D eigenvalue weighted by Gasteiger charge is 2.62. The monoisotopic (exact) mass is 506 g/mol. The van der Waals surface area contributed by atoms with Crippen LogP contribution in [-0.4, -0.2) is 30.6 Å². The second kappa shape index (κ2) is 9.17. The average molecular weight is 507 g/mol. The fraction of sp³-hybridized carbons (Fsp3) is 0.441. The first-order valence-corrected chi connectivity index (χ1v) is 14.0. The van der Waals surface area contributed by atoms with Crippen LogP contribution in [0.25, 0.3) is 0 Å². The van der Waals surface area contributed by atoms with E-state index < -0.39 is 5.60 Å². The first-order chi connectivity index (χ1) is 18.2. The SMILES string of the molecule is CN(C)c1ccc([C@H]2C[C@@]3(C)[C@@H](CC[C@@]3(O)C#Cc3ccc(N)cc3)[C@@H]3CCC4=CC(=O)CCC4=C32)cc1. The summed E-state index contributed by atoms with van der Waals surface area (Å²) in [5, 5.41) is 12.2. The maximum absolute atomic E-state index is 12.3. The molecule has 38 heavy (non-hydrogen) atoms. The van der Waals surface area contributed by atoms with Crippen LogP contribution in [0.1, 0.15) is 68.9 Å². The fourth-order valence-corrected chi connectivity index (χ4v) is 7.92. The molecule has 0 aromatic heterocycles. The molecule has 0 spiro atoms. The Hall–Kier alpha value is -3.29. The number of hydrogen-bond donors (Lipinski definition) is 2. The van der Waals surface area contributed by atoms with Gasteiger partial charge >= 0.3 is 0 Å². The Bertz CT molecular complexity index is 1390. The summed E-state index contributed by atoms with van der Waals surface area (Å²) in [6, 6.07) is 16.5. The molecule has 4 heteroatoms. The lowest BCUT2D eigenvalue weighted by Crippen LogP contribution is -2.51. The summed E-state index contributed by atoms with van der Waals surface area (Å²) in [6.45, 7) is 2.29. The molecule has 0 bridgehead atoms. The highest BCUT2D eigenvalue weighted by molar-refractivity contribution is 5.93. The number of hydrogen-bond acceptors (Lipinski definition) is 4. The summed E-state index contributed by atoms with van der Waals surface area (Å²) in [5.74, 6) is 7.94. The number of nitrogen functional groups attached to an aromatic ring is 1. The van der Waals surface area contributed by atoms with E-state index in [2.05, 4.69) is 62.0 Å². The van der Waals surface area contributed by atoms with Gasteiger partial charge in [0.2, 0.25) is 0 Å². The van der Waals surface area contributed by atoms with E-state index in [0.29, 0.717) is 30.4 Å². The zero-order chi connectivity index (χ0) is 26.7. The van der Waals surface area contributed by atoms with Crippen molar-refractivity contribution in [1.82, 2.24) is 0 Å². The van der Waals surface area contributed by atoms with Crippen molar-refractivity contribution in [1.29, 1.82) is 0 Å². The van der Waals surface area contributed by atoms with Crippen LogP contribution >= 0.6 is 0 Å². The topological polar surface area (TPSA) is 66.6 Å². The Labute approximate surface area is 226 Å². The van der Waals surface area contributed by atoms with Crippen molar-refractivity contribution in [2.75, 3.05) is 24.7 Å². The van der Waals surface area contributed by atoms with Gasteiger partial charge in [-0.1, -0.05) is 36.5 Å². The summed E-state index contributed by atoms with van der Waals surface area (Å²) in [6.07, 6.45) is 7.94. The van der Waals surface area contributed by atoms with E-state index in [1.165, 1.54) is 22.4 Å². The Morgan fingerprint density at radius 2 is 1.74 bits per heavy atom. The second-order valence-electron chi connectivity index (χ2n) is 12.3. The quantitative estimate of drug-likeness (QED) is 0.386. The van der Waals surface area contributed by atoms with Gasteiger partial charge in [0.1, 0.15) is 5.60 Å². The van der Waals surface area contributed by atoms with Crippen molar-refractivity contribution in [3.05, 3.63) is 82.5 Å². The number of benzene rings is 2. The minimum atomic E-state index is -1.05. The van der Waals surface area contributed by atoms with Gasteiger partial charge in [-0.15, -0.1) is 0 Å². The standard InChI is InChI=1S/C34H38N2O2/c1-33-21-30(23-6-11-26(12-7-23)36(2)3)32-28-15-13-27(37)20-24(28)8-14-29(32)31(33)17-19-34(33,38)18-16-22-4-9-25(35)10-5-22/h4-7,9-12,20,29-31,38H,8,13-15,17,19,21,35H2,1-3H3/t29-,30+,31-,33-,34-/m0/s1. The Kier molecular flexibility index (Phi) is 6.04. The van der Waals surface area contributed by atoms with Crippen molar-refractivity contribution >= 4 is 17.2 Å². The molecule has 4 aliphatic rings. The van der Waals surface area contributed by atoms with Crippen molar-refractivity contribution in [3.8, 4) is 11.8 Å². The van der Waals surface area contributed by atoms with Gasteiger partial charge in [-0.05, 0) is 110 Å².